The lowest BCUT2D eigenvalue weighted by Gasteiger charge is -2.25. The predicted octanol–water partition coefficient (Wildman–Crippen LogP) is 4.45. The smallest absolute Gasteiger partial charge is 0.251 e. The van der Waals surface area contributed by atoms with Crippen LogP contribution in [0, 0.1) is 9.62 Å². The second kappa shape index (κ2) is 8.12. The third kappa shape index (κ3) is 3.94. The quantitative estimate of drug-likeness (QED) is 0.522. The third-order valence-electron chi connectivity index (χ3n) is 4.82. The van der Waals surface area contributed by atoms with E-state index >= 15 is 0 Å². The number of hydrogen-bond donors (Lipinski definition) is 2. The number of halogens is 1. The van der Waals surface area contributed by atoms with Crippen molar-refractivity contribution >= 4 is 45.6 Å². The van der Waals surface area contributed by atoms with Crippen LogP contribution in [0.15, 0.2) is 35.0 Å². The highest BCUT2D eigenvalue weighted by molar-refractivity contribution is 14.1. The maximum Gasteiger partial charge on any atom is 0.251 e. The molecule has 132 valence electrons. The Morgan fingerprint density at radius 3 is 2.84 bits per heavy atom. The van der Waals surface area contributed by atoms with Gasteiger partial charge in [-0.2, -0.15) is 5.10 Å². The minimum atomic E-state index is -0.0542. The Bertz CT molecular complexity index is 818. The average Bonchev–Trinajstić information content (AvgIpc) is 3.28. The predicted molar refractivity (Wildman–Crippen MR) is 110 cm³/mol. The first-order chi connectivity index (χ1) is 12.1. The van der Waals surface area contributed by atoms with Crippen LogP contribution in [0.4, 0.5) is 0 Å². The largest absolute Gasteiger partial charge is 0.343 e. The summed E-state index contributed by atoms with van der Waals surface area (Å²) in [7, 11) is 0. The van der Waals surface area contributed by atoms with Gasteiger partial charge in [0.05, 0.1) is 17.3 Å². The zero-order chi connectivity index (χ0) is 17.8. The van der Waals surface area contributed by atoms with Crippen molar-refractivity contribution < 1.29 is 4.79 Å². The standard InChI is InChI=1S/C19H23IN4O/c1-3-15(21-4-2)17(12-7-5-6-8-12)22-19(25)13-9-10-16-14(11-13)18(20)24-23-16/h3-4,9-12,17H,5-8H2,1-2H3,(H,22,25)(H,23,24)/b15-3-,21-4?. The van der Waals surface area contributed by atoms with Crippen LogP contribution in [0.5, 0.6) is 0 Å². The number of allylic oxidation sites excluding steroid dienone is 1. The van der Waals surface area contributed by atoms with Gasteiger partial charge in [-0.3, -0.25) is 14.9 Å². The Kier molecular flexibility index (Phi) is 5.88. The van der Waals surface area contributed by atoms with Crippen LogP contribution in [0.2, 0.25) is 0 Å². The van der Waals surface area contributed by atoms with Crippen LogP contribution in [-0.2, 0) is 0 Å². The van der Waals surface area contributed by atoms with Gasteiger partial charge in [-0.05, 0) is 73.4 Å². The number of nitrogens with zero attached hydrogens (tertiary/aromatic N) is 2. The first kappa shape index (κ1) is 18.1. The molecule has 25 heavy (non-hydrogen) atoms. The molecule has 1 aliphatic carbocycles. The molecule has 0 aliphatic heterocycles. The number of nitrogens with one attached hydrogen (secondary N) is 2. The number of benzene rings is 1. The van der Waals surface area contributed by atoms with E-state index in [-0.39, 0.29) is 11.9 Å². The number of aliphatic imine (C=N–C) groups is 1. The molecule has 2 N–H and O–H groups in total. The highest BCUT2D eigenvalue weighted by atomic mass is 127. The van der Waals surface area contributed by atoms with Gasteiger partial charge >= 0.3 is 0 Å². The first-order valence-corrected chi connectivity index (χ1v) is 9.81. The second-order valence-corrected chi connectivity index (χ2v) is 7.44. The van der Waals surface area contributed by atoms with Crippen molar-refractivity contribution in [3.8, 4) is 0 Å². The summed E-state index contributed by atoms with van der Waals surface area (Å²) in [6.07, 6.45) is 8.53. The van der Waals surface area contributed by atoms with Crippen molar-refractivity contribution in [2.24, 2.45) is 10.9 Å². The van der Waals surface area contributed by atoms with Crippen molar-refractivity contribution in [3.63, 3.8) is 0 Å². The number of rotatable bonds is 5. The molecule has 0 radical (unpaired) electrons. The third-order valence-corrected chi connectivity index (χ3v) is 5.64. The highest BCUT2D eigenvalue weighted by Gasteiger charge is 2.29. The van der Waals surface area contributed by atoms with E-state index in [9.17, 15) is 4.79 Å². The van der Waals surface area contributed by atoms with Gasteiger partial charge in [-0.1, -0.05) is 18.9 Å². The van der Waals surface area contributed by atoms with E-state index in [4.69, 9.17) is 0 Å². The molecule has 1 amide bonds. The molecule has 1 aliphatic rings. The van der Waals surface area contributed by atoms with Gasteiger partial charge in [-0.25, -0.2) is 0 Å². The summed E-state index contributed by atoms with van der Waals surface area (Å²) in [6, 6.07) is 5.59. The Balaban J connectivity index is 1.86. The lowest BCUT2D eigenvalue weighted by molar-refractivity contribution is 0.0930. The van der Waals surface area contributed by atoms with Crippen LogP contribution >= 0.6 is 22.6 Å². The number of carbonyl (C=O) groups is 1. The van der Waals surface area contributed by atoms with E-state index < -0.39 is 0 Å². The van der Waals surface area contributed by atoms with E-state index in [1.165, 1.54) is 12.8 Å². The molecular weight excluding hydrogens is 427 g/mol. The summed E-state index contributed by atoms with van der Waals surface area (Å²) in [4.78, 5) is 17.4. The Labute approximate surface area is 161 Å². The number of hydrogen-bond acceptors (Lipinski definition) is 3. The number of H-pyrrole nitrogens is 1. The minimum absolute atomic E-state index is 0.0321. The molecule has 2 aromatic rings. The minimum Gasteiger partial charge on any atom is -0.343 e. The molecule has 0 spiro atoms. The van der Waals surface area contributed by atoms with E-state index in [2.05, 4.69) is 43.1 Å². The lowest BCUT2D eigenvalue weighted by atomic mass is 9.94. The Morgan fingerprint density at radius 1 is 1.40 bits per heavy atom. The molecule has 0 saturated heterocycles. The fourth-order valence-electron chi connectivity index (χ4n) is 3.55. The van der Waals surface area contributed by atoms with E-state index in [0.29, 0.717) is 11.5 Å². The van der Waals surface area contributed by atoms with Crippen molar-refractivity contribution in [1.82, 2.24) is 15.5 Å². The summed E-state index contributed by atoms with van der Waals surface area (Å²) in [6.45, 7) is 3.89. The summed E-state index contributed by atoms with van der Waals surface area (Å²) in [5, 5.41) is 11.4. The maximum atomic E-state index is 12.9. The first-order valence-electron chi connectivity index (χ1n) is 8.73. The number of amides is 1. The summed E-state index contributed by atoms with van der Waals surface area (Å²) in [5.41, 5.74) is 2.48. The van der Waals surface area contributed by atoms with Crippen molar-refractivity contribution in [2.75, 3.05) is 0 Å². The van der Waals surface area contributed by atoms with Crippen LogP contribution in [0.3, 0.4) is 0 Å². The van der Waals surface area contributed by atoms with E-state index in [1.54, 1.807) is 6.21 Å². The Hall–Kier alpha value is -1.70. The Morgan fingerprint density at radius 2 is 2.16 bits per heavy atom. The number of carbonyl (C=O) groups excluding carboxylic acids is 1. The molecular formula is C19H23IN4O. The molecule has 1 heterocycles. The number of aromatic amines is 1. The molecule has 3 rings (SSSR count). The van der Waals surface area contributed by atoms with Crippen LogP contribution in [-0.4, -0.2) is 28.4 Å². The molecule has 5 nitrogen and oxygen atoms in total. The fraction of sp³-hybridized carbons (Fsp3) is 0.421. The SMILES string of the molecule is CC=N/C(=C\C)C(NC(=O)c1ccc2n[nH]c(I)c2c1)C1CCCC1. The fourth-order valence-corrected chi connectivity index (χ4v) is 4.10. The van der Waals surface area contributed by atoms with E-state index in [1.807, 2.05) is 38.1 Å². The lowest BCUT2D eigenvalue weighted by Crippen LogP contribution is -2.40. The number of fused-ring (bicyclic) bond motifs is 1. The zero-order valence-electron chi connectivity index (χ0n) is 14.6. The summed E-state index contributed by atoms with van der Waals surface area (Å²) in [5.74, 6) is 0.401. The van der Waals surface area contributed by atoms with Crippen molar-refractivity contribution in [3.05, 3.63) is 39.2 Å². The van der Waals surface area contributed by atoms with Crippen LogP contribution in [0.1, 0.15) is 49.9 Å². The molecule has 1 aromatic heterocycles. The van der Waals surface area contributed by atoms with Gasteiger partial charge in [0.2, 0.25) is 0 Å². The van der Waals surface area contributed by atoms with Crippen LogP contribution in [0.25, 0.3) is 10.9 Å². The maximum absolute atomic E-state index is 12.9. The molecule has 1 atom stereocenters. The van der Waals surface area contributed by atoms with Gasteiger partial charge in [0.15, 0.2) is 0 Å². The van der Waals surface area contributed by atoms with E-state index in [0.717, 1.165) is 33.1 Å². The highest BCUT2D eigenvalue weighted by Crippen LogP contribution is 2.31. The molecule has 1 fully saturated rings. The average molecular weight is 450 g/mol. The molecule has 6 heteroatoms. The summed E-state index contributed by atoms with van der Waals surface area (Å²) >= 11 is 2.20. The topological polar surface area (TPSA) is 70.1 Å². The zero-order valence-corrected chi connectivity index (χ0v) is 16.7. The van der Waals surface area contributed by atoms with Gasteiger partial charge < -0.3 is 5.32 Å². The second-order valence-electron chi connectivity index (χ2n) is 6.37. The molecule has 1 saturated carbocycles. The van der Waals surface area contributed by atoms with Gasteiger partial charge in [0.1, 0.15) is 3.70 Å². The number of aromatic nitrogens is 2. The van der Waals surface area contributed by atoms with Crippen molar-refractivity contribution in [2.45, 2.75) is 45.6 Å². The molecule has 1 aromatic carbocycles. The van der Waals surface area contributed by atoms with Gasteiger partial charge in [-0.15, -0.1) is 0 Å². The molecule has 1 unspecified atom stereocenters. The van der Waals surface area contributed by atoms with Gasteiger partial charge in [0, 0.05) is 17.2 Å². The summed E-state index contributed by atoms with van der Waals surface area (Å²) < 4.78 is 0.944. The van der Waals surface area contributed by atoms with Gasteiger partial charge in [0.25, 0.3) is 5.91 Å². The van der Waals surface area contributed by atoms with Crippen LogP contribution < -0.4 is 5.32 Å². The monoisotopic (exact) mass is 450 g/mol. The molecule has 0 bridgehead atoms. The normalized spacial score (nSPS) is 17.5. The van der Waals surface area contributed by atoms with Crippen molar-refractivity contribution in [1.29, 1.82) is 0 Å².